The third kappa shape index (κ3) is 6.01. The number of thiophene rings is 1. The molecule has 1 aromatic rings. The van der Waals surface area contributed by atoms with Gasteiger partial charge in [0.2, 0.25) is 0 Å². The number of hydrogen-bond acceptors (Lipinski definition) is 2. The minimum atomic E-state index is 0.519. The number of rotatable bonds is 10. The molecule has 18 heavy (non-hydrogen) atoms. The van der Waals surface area contributed by atoms with Crippen LogP contribution in [0.15, 0.2) is 12.1 Å². The maximum Gasteiger partial charge on any atom is 0.0386 e. The third-order valence-electron chi connectivity index (χ3n) is 3.44. The molecule has 1 nitrogen and oxygen atoms in total. The highest BCUT2D eigenvalue weighted by molar-refractivity contribution is 7.12. The van der Waals surface area contributed by atoms with Crippen molar-refractivity contribution < 1.29 is 0 Å². The molecule has 0 aromatic carbocycles. The van der Waals surface area contributed by atoms with E-state index in [1.807, 2.05) is 11.3 Å². The minimum absolute atomic E-state index is 0.519. The van der Waals surface area contributed by atoms with Crippen LogP contribution < -0.4 is 5.32 Å². The van der Waals surface area contributed by atoms with E-state index in [9.17, 15) is 0 Å². The zero-order valence-corrected chi connectivity index (χ0v) is 13.1. The Morgan fingerprint density at radius 3 is 2.44 bits per heavy atom. The first-order chi connectivity index (χ1) is 8.77. The van der Waals surface area contributed by atoms with Crippen LogP contribution in [0.5, 0.6) is 0 Å². The summed E-state index contributed by atoms with van der Waals surface area (Å²) in [5, 5.41) is 3.64. The molecule has 0 saturated heterocycles. The normalized spacial score (nSPS) is 12.8. The highest BCUT2D eigenvalue weighted by Gasteiger charge is 2.06. The Hall–Kier alpha value is -0.340. The molecule has 0 spiro atoms. The van der Waals surface area contributed by atoms with Crippen LogP contribution in [0.4, 0.5) is 0 Å². The number of aryl methyl sites for hydroxylation is 1. The Bertz CT molecular complexity index is 306. The van der Waals surface area contributed by atoms with E-state index in [1.165, 1.54) is 48.3 Å². The quantitative estimate of drug-likeness (QED) is 0.566. The Morgan fingerprint density at radius 2 is 1.78 bits per heavy atom. The summed E-state index contributed by atoms with van der Waals surface area (Å²) in [5.74, 6) is 0. The van der Waals surface area contributed by atoms with Gasteiger partial charge in [-0.15, -0.1) is 11.3 Å². The molecule has 0 fully saturated rings. The maximum absolute atomic E-state index is 3.64. The second-order valence-corrected chi connectivity index (χ2v) is 6.30. The average molecular weight is 267 g/mol. The van der Waals surface area contributed by atoms with Crippen LogP contribution in [-0.4, -0.2) is 6.54 Å². The van der Waals surface area contributed by atoms with Gasteiger partial charge >= 0.3 is 0 Å². The van der Waals surface area contributed by atoms with E-state index >= 15 is 0 Å². The van der Waals surface area contributed by atoms with Gasteiger partial charge in [0.05, 0.1) is 0 Å². The minimum Gasteiger partial charge on any atom is -0.309 e. The number of nitrogens with one attached hydrogen (secondary N) is 1. The second kappa shape index (κ2) is 9.57. The zero-order chi connectivity index (χ0) is 13.2. The first kappa shape index (κ1) is 15.7. The number of hydrogen-bond donors (Lipinski definition) is 1. The van der Waals surface area contributed by atoms with Gasteiger partial charge in [-0.25, -0.2) is 0 Å². The average Bonchev–Trinajstić information content (AvgIpc) is 2.86. The Kier molecular flexibility index (Phi) is 8.36. The highest BCUT2D eigenvalue weighted by atomic mass is 32.1. The van der Waals surface area contributed by atoms with E-state index in [2.05, 4.69) is 38.2 Å². The zero-order valence-electron chi connectivity index (χ0n) is 12.3. The van der Waals surface area contributed by atoms with Crippen molar-refractivity contribution in [1.29, 1.82) is 0 Å². The molecule has 1 atom stereocenters. The van der Waals surface area contributed by atoms with Crippen LogP contribution in [0.2, 0.25) is 0 Å². The predicted octanol–water partition coefficient (Wildman–Crippen LogP) is 5.32. The van der Waals surface area contributed by atoms with Gasteiger partial charge in [0, 0.05) is 15.8 Å². The Balaban J connectivity index is 2.08. The Morgan fingerprint density at radius 1 is 1.06 bits per heavy atom. The third-order valence-corrected chi connectivity index (χ3v) is 4.85. The summed E-state index contributed by atoms with van der Waals surface area (Å²) in [5.41, 5.74) is 0. The van der Waals surface area contributed by atoms with E-state index < -0.39 is 0 Å². The van der Waals surface area contributed by atoms with Crippen molar-refractivity contribution in [3.63, 3.8) is 0 Å². The first-order valence-electron chi connectivity index (χ1n) is 7.59. The van der Waals surface area contributed by atoms with E-state index in [0.717, 1.165) is 13.0 Å². The fourth-order valence-corrected chi connectivity index (χ4v) is 3.12. The molecule has 0 amide bonds. The lowest BCUT2D eigenvalue weighted by Crippen LogP contribution is -2.18. The summed E-state index contributed by atoms with van der Waals surface area (Å²) in [6.07, 6.45) is 9.42. The van der Waals surface area contributed by atoms with Crippen molar-refractivity contribution in [1.82, 2.24) is 5.32 Å². The SMILES string of the molecule is CCCCCCCCNC(C)c1ccc(CC)s1. The van der Waals surface area contributed by atoms with E-state index in [0.29, 0.717) is 6.04 Å². The number of unbranched alkanes of at least 4 members (excludes halogenated alkanes) is 5. The molecule has 0 radical (unpaired) electrons. The van der Waals surface area contributed by atoms with E-state index in [-0.39, 0.29) is 0 Å². The summed E-state index contributed by atoms with van der Waals surface area (Å²) in [6, 6.07) is 5.07. The molecule has 1 rings (SSSR count). The topological polar surface area (TPSA) is 12.0 Å². The van der Waals surface area contributed by atoms with Gasteiger partial charge in [0.1, 0.15) is 0 Å². The fourth-order valence-electron chi connectivity index (χ4n) is 2.14. The molecular weight excluding hydrogens is 238 g/mol. The van der Waals surface area contributed by atoms with E-state index in [4.69, 9.17) is 0 Å². The fraction of sp³-hybridized carbons (Fsp3) is 0.750. The van der Waals surface area contributed by atoms with Gasteiger partial charge in [0.25, 0.3) is 0 Å². The van der Waals surface area contributed by atoms with Gasteiger partial charge in [-0.2, -0.15) is 0 Å². The predicted molar refractivity (Wildman–Crippen MR) is 83.5 cm³/mol. The molecule has 104 valence electrons. The van der Waals surface area contributed by atoms with Crippen molar-refractivity contribution in [2.75, 3.05) is 6.54 Å². The monoisotopic (exact) mass is 267 g/mol. The van der Waals surface area contributed by atoms with Crippen molar-refractivity contribution in [3.05, 3.63) is 21.9 Å². The van der Waals surface area contributed by atoms with Crippen LogP contribution in [0.3, 0.4) is 0 Å². The molecule has 2 heteroatoms. The molecule has 0 aliphatic carbocycles. The highest BCUT2D eigenvalue weighted by Crippen LogP contribution is 2.23. The van der Waals surface area contributed by atoms with Crippen LogP contribution >= 0.6 is 11.3 Å². The summed E-state index contributed by atoms with van der Waals surface area (Å²) in [6.45, 7) is 7.94. The van der Waals surface area contributed by atoms with Crippen LogP contribution in [0, 0.1) is 0 Å². The first-order valence-corrected chi connectivity index (χ1v) is 8.41. The smallest absolute Gasteiger partial charge is 0.0386 e. The molecule has 0 saturated carbocycles. The molecule has 0 bridgehead atoms. The standard InChI is InChI=1S/C16H29NS/c1-4-6-7-8-9-10-13-17-14(3)16-12-11-15(5-2)18-16/h11-12,14,17H,4-10,13H2,1-3H3. The Labute approximate surface area is 117 Å². The van der Waals surface area contributed by atoms with Gasteiger partial charge in [-0.1, -0.05) is 46.0 Å². The van der Waals surface area contributed by atoms with Crippen molar-refractivity contribution in [3.8, 4) is 0 Å². The summed E-state index contributed by atoms with van der Waals surface area (Å²) < 4.78 is 0. The second-order valence-electron chi connectivity index (χ2n) is 5.10. The lowest BCUT2D eigenvalue weighted by molar-refractivity contribution is 0.531. The van der Waals surface area contributed by atoms with Crippen molar-refractivity contribution >= 4 is 11.3 Å². The van der Waals surface area contributed by atoms with Crippen molar-refractivity contribution in [2.24, 2.45) is 0 Å². The lowest BCUT2D eigenvalue weighted by Gasteiger charge is -2.11. The van der Waals surface area contributed by atoms with Crippen molar-refractivity contribution in [2.45, 2.75) is 71.8 Å². The van der Waals surface area contributed by atoms with Crippen LogP contribution in [-0.2, 0) is 6.42 Å². The maximum atomic E-state index is 3.64. The van der Waals surface area contributed by atoms with Gasteiger partial charge in [-0.05, 0) is 38.4 Å². The van der Waals surface area contributed by atoms with E-state index in [1.54, 1.807) is 0 Å². The van der Waals surface area contributed by atoms with Gasteiger partial charge in [-0.3, -0.25) is 0 Å². The molecule has 1 aromatic heterocycles. The summed E-state index contributed by atoms with van der Waals surface area (Å²) >= 11 is 1.95. The molecule has 1 heterocycles. The van der Waals surface area contributed by atoms with Gasteiger partial charge in [0.15, 0.2) is 0 Å². The summed E-state index contributed by atoms with van der Waals surface area (Å²) in [4.78, 5) is 2.98. The lowest BCUT2D eigenvalue weighted by atomic mass is 10.1. The molecular formula is C16H29NS. The van der Waals surface area contributed by atoms with Gasteiger partial charge < -0.3 is 5.32 Å². The van der Waals surface area contributed by atoms with Crippen LogP contribution in [0.1, 0.15) is 75.1 Å². The molecule has 0 aliphatic heterocycles. The van der Waals surface area contributed by atoms with Crippen LogP contribution in [0.25, 0.3) is 0 Å². The summed E-state index contributed by atoms with van der Waals surface area (Å²) in [7, 11) is 0. The molecule has 1 unspecified atom stereocenters. The largest absolute Gasteiger partial charge is 0.309 e. The molecule has 1 N–H and O–H groups in total. The molecule has 0 aliphatic rings.